The maximum Gasteiger partial charge on any atom is 0.269 e. The summed E-state index contributed by atoms with van der Waals surface area (Å²) >= 11 is 1.37. The Morgan fingerprint density at radius 3 is 1.86 bits per heavy atom. The average molecular weight is 490 g/mol. The molecule has 0 spiro atoms. The SMILES string of the molecule is CC(=O)NC1=Nc2ccc([N+](=O)[O-])cc2C(c2ccc(N(C)C)cc2)(c2ccc(N(C)C)cc2)S1. The van der Waals surface area contributed by atoms with Crippen molar-refractivity contribution < 1.29 is 9.72 Å². The minimum absolute atomic E-state index is 0.0123. The van der Waals surface area contributed by atoms with E-state index in [-0.39, 0.29) is 11.6 Å². The zero-order chi connectivity index (χ0) is 25.3. The van der Waals surface area contributed by atoms with E-state index in [1.165, 1.54) is 24.8 Å². The van der Waals surface area contributed by atoms with Gasteiger partial charge in [-0.1, -0.05) is 36.0 Å². The molecule has 3 aromatic carbocycles. The summed E-state index contributed by atoms with van der Waals surface area (Å²) in [5.74, 6) is -0.235. The predicted molar refractivity (Wildman–Crippen MR) is 143 cm³/mol. The number of non-ortho nitro benzene ring substituents is 1. The first-order valence-electron chi connectivity index (χ1n) is 11.0. The van der Waals surface area contributed by atoms with Gasteiger partial charge in [0.1, 0.15) is 4.75 Å². The highest BCUT2D eigenvalue weighted by atomic mass is 32.2. The maximum atomic E-state index is 12.0. The average Bonchev–Trinajstić information content (AvgIpc) is 2.82. The molecule has 3 aromatic rings. The second-order valence-corrected chi connectivity index (χ2v) is 9.93. The van der Waals surface area contributed by atoms with Crippen molar-refractivity contribution in [3.8, 4) is 0 Å². The number of carbonyl (C=O) groups is 1. The Hall–Kier alpha value is -3.85. The van der Waals surface area contributed by atoms with Gasteiger partial charge >= 0.3 is 0 Å². The van der Waals surface area contributed by atoms with Crippen molar-refractivity contribution in [1.29, 1.82) is 0 Å². The molecule has 35 heavy (non-hydrogen) atoms. The lowest BCUT2D eigenvalue weighted by atomic mass is 9.82. The molecule has 0 radical (unpaired) electrons. The fourth-order valence-electron chi connectivity index (χ4n) is 4.14. The molecule has 1 aliphatic heterocycles. The number of hydrogen-bond donors (Lipinski definition) is 1. The molecule has 1 amide bonds. The molecule has 9 heteroatoms. The molecule has 0 aromatic heterocycles. The number of carbonyl (C=O) groups excluding carboxylic acids is 1. The van der Waals surface area contributed by atoms with Crippen LogP contribution in [0.15, 0.2) is 71.7 Å². The van der Waals surface area contributed by atoms with Crippen LogP contribution in [0.2, 0.25) is 0 Å². The van der Waals surface area contributed by atoms with Crippen LogP contribution >= 0.6 is 11.8 Å². The minimum atomic E-state index is -0.878. The normalized spacial score (nSPS) is 13.9. The summed E-state index contributed by atoms with van der Waals surface area (Å²) in [7, 11) is 7.89. The molecule has 8 nitrogen and oxygen atoms in total. The maximum absolute atomic E-state index is 12.0. The Morgan fingerprint density at radius 2 is 1.43 bits per heavy atom. The number of benzene rings is 3. The lowest BCUT2D eigenvalue weighted by Crippen LogP contribution is -2.36. The molecule has 1 aliphatic rings. The summed E-state index contributed by atoms with van der Waals surface area (Å²) in [5.41, 5.74) is 5.16. The molecule has 1 heterocycles. The number of hydrogen-bond acceptors (Lipinski definition) is 7. The van der Waals surface area contributed by atoms with Gasteiger partial charge in [-0.05, 0) is 41.5 Å². The van der Waals surface area contributed by atoms with Crippen molar-refractivity contribution in [2.75, 3.05) is 38.0 Å². The van der Waals surface area contributed by atoms with Gasteiger partial charge in [0, 0.05) is 64.2 Å². The summed E-state index contributed by atoms with van der Waals surface area (Å²) in [6.45, 7) is 1.44. The first kappa shape index (κ1) is 24.3. The van der Waals surface area contributed by atoms with Crippen LogP contribution in [-0.2, 0) is 9.54 Å². The van der Waals surface area contributed by atoms with E-state index in [0.29, 0.717) is 16.4 Å². The van der Waals surface area contributed by atoms with Crippen molar-refractivity contribution in [1.82, 2.24) is 5.32 Å². The van der Waals surface area contributed by atoms with E-state index in [1.54, 1.807) is 12.1 Å². The zero-order valence-corrected chi connectivity index (χ0v) is 21.1. The topological polar surface area (TPSA) is 91.1 Å². The molecule has 0 atom stereocenters. The van der Waals surface area contributed by atoms with Crippen molar-refractivity contribution in [3.63, 3.8) is 0 Å². The number of nitro groups is 1. The zero-order valence-electron chi connectivity index (χ0n) is 20.3. The molecule has 180 valence electrons. The predicted octanol–water partition coefficient (Wildman–Crippen LogP) is 4.89. The summed E-state index contributed by atoms with van der Waals surface area (Å²) in [4.78, 5) is 32.0. The van der Waals surface area contributed by atoms with E-state index < -0.39 is 9.67 Å². The van der Waals surface area contributed by atoms with Gasteiger partial charge in [0.2, 0.25) is 5.91 Å². The number of anilines is 2. The minimum Gasteiger partial charge on any atom is -0.378 e. The molecular formula is C26H27N5O3S. The Bertz CT molecular complexity index is 1250. The van der Waals surface area contributed by atoms with Crippen LogP contribution in [0.25, 0.3) is 0 Å². The number of rotatable bonds is 5. The van der Waals surface area contributed by atoms with Gasteiger partial charge in [-0.15, -0.1) is 0 Å². The van der Waals surface area contributed by atoms with Gasteiger partial charge in [-0.2, -0.15) is 0 Å². The summed E-state index contributed by atoms with van der Waals surface area (Å²) < 4.78 is -0.878. The third-order valence-electron chi connectivity index (χ3n) is 5.91. The highest BCUT2D eigenvalue weighted by Gasteiger charge is 2.44. The molecule has 0 fully saturated rings. The molecule has 0 saturated heterocycles. The van der Waals surface area contributed by atoms with Crippen LogP contribution in [0, 0.1) is 10.1 Å². The van der Waals surface area contributed by atoms with E-state index in [9.17, 15) is 14.9 Å². The number of fused-ring (bicyclic) bond motifs is 1. The Labute approximate surface area is 208 Å². The van der Waals surface area contributed by atoms with Crippen LogP contribution in [-0.4, -0.2) is 44.2 Å². The Kier molecular flexibility index (Phi) is 6.53. The third kappa shape index (κ3) is 4.59. The highest BCUT2D eigenvalue weighted by molar-refractivity contribution is 8.15. The summed E-state index contributed by atoms with van der Waals surface area (Å²) in [6.07, 6.45) is 0. The van der Waals surface area contributed by atoms with E-state index in [4.69, 9.17) is 0 Å². The monoisotopic (exact) mass is 489 g/mol. The van der Waals surface area contributed by atoms with Crippen LogP contribution in [0.5, 0.6) is 0 Å². The lowest BCUT2D eigenvalue weighted by Gasteiger charge is -2.38. The number of nitro benzene ring substituents is 1. The van der Waals surface area contributed by atoms with Gasteiger partial charge in [0.15, 0.2) is 5.17 Å². The molecule has 4 rings (SSSR count). The van der Waals surface area contributed by atoms with Gasteiger partial charge in [-0.3, -0.25) is 14.9 Å². The van der Waals surface area contributed by atoms with Crippen molar-refractivity contribution in [2.45, 2.75) is 11.7 Å². The standard InChI is InChI=1S/C26H27N5O3S/c1-17(32)27-25-28-24-15-14-22(31(33)34)16-23(24)26(35-25,18-6-10-20(11-7-18)29(2)3)19-8-12-21(13-9-19)30(4)5/h6-16H,1-5H3,(H,27,28,32). The van der Waals surface area contributed by atoms with Crippen LogP contribution in [0.3, 0.4) is 0 Å². The lowest BCUT2D eigenvalue weighted by molar-refractivity contribution is -0.384. The number of aliphatic imine (C=N–C) groups is 1. The first-order chi connectivity index (χ1) is 16.6. The molecule has 0 bridgehead atoms. The number of nitrogens with one attached hydrogen (secondary N) is 1. The quantitative estimate of drug-likeness (QED) is 0.405. The molecule has 0 saturated carbocycles. The fourth-order valence-corrected chi connectivity index (χ4v) is 5.55. The second-order valence-electron chi connectivity index (χ2n) is 8.72. The van der Waals surface area contributed by atoms with Gasteiger partial charge in [0.05, 0.1) is 10.6 Å². The summed E-state index contributed by atoms with van der Waals surface area (Å²) in [6, 6.07) is 20.9. The first-order valence-corrected chi connectivity index (χ1v) is 11.8. The van der Waals surface area contributed by atoms with E-state index in [0.717, 1.165) is 22.5 Å². The molecule has 1 N–H and O–H groups in total. The molecule has 0 unspecified atom stereocenters. The van der Waals surface area contributed by atoms with E-state index >= 15 is 0 Å². The molecule has 0 aliphatic carbocycles. The largest absolute Gasteiger partial charge is 0.378 e. The van der Waals surface area contributed by atoms with Crippen LogP contribution < -0.4 is 15.1 Å². The van der Waals surface area contributed by atoms with Gasteiger partial charge < -0.3 is 15.1 Å². The smallest absolute Gasteiger partial charge is 0.269 e. The summed E-state index contributed by atoms with van der Waals surface area (Å²) in [5, 5.41) is 15.0. The van der Waals surface area contributed by atoms with Crippen molar-refractivity contribution in [2.24, 2.45) is 4.99 Å². The Morgan fingerprint density at radius 1 is 0.914 bits per heavy atom. The van der Waals surface area contributed by atoms with E-state index in [1.807, 2.05) is 86.5 Å². The van der Waals surface area contributed by atoms with E-state index in [2.05, 4.69) is 10.3 Å². The fraction of sp³-hybridized carbons (Fsp3) is 0.231. The number of amidine groups is 1. The number of amides is 1. The van der Waals surface area contributed by atoms with Gasteiger partial charge in [-0.25, -0.2) is 4.99 Å². The van der Waals surface area contributed by atoms with Crippen molar-refractivity contribution in [3.05, 3.63) is 93.5 Å². The van der Waals surface area contributed by atoms with Crippen LogP contribution in [0.4, 0.5) is 22.7 Å². The molecular weight excluding hydrogens is 462 g/mol. The van der Waals surface area contributed by atoms with Crippen LogP contribution in [0.1, 0.15) is 23.6 Å². The second kappa shape index (κ2) is 9.42. The highest BCUT2D eigenvalue weighted by Crippen LogP contribution is 2.55. The van der Waals surface area contributed by atoms with Gasteiger partial charge in [0.25, 0.3) is 5.69 Å². The van der Waals surface area contributed by atoms with Crippen molar-refractivity contribution >= 4 is 45.6 Å². The number of thioether (sulfide) groups is 1. The Balaban J connectivity index is 2.04. The number of nitrogens with zero attached hydrogens (tertiary/aromatic N) is 4. The third-order valence-corrected chi connectivity index (χ3v) is 7.29.